The fraction of sp³-hybridized carbons (Fsp3) is 0.588. The van der Waals surface area contributed by atoms with Crippen LogP contribution in [0.25, 0.3) is 0 Å². The van der Waals surface area contributed by atoms with Crippen LogP contribution in [0.15, 0.2) is 24.5 Å². The maximum absolute atomic E-state index is 12.5. The molecule has 1 spiro atoms. The fourth-order valence-electron chi connectivity index (χ4n) is 3.77. The molecule has 1 atom stereocenters. The molecule has 2 aliphatic rings. The second-order valence-corrected chi connectivity index (χ2v) is 6.37. The van der Waals surface area contributed by atoms with Crippen LogP contribution in [-0.4, -0.2) is 45.2 Å². The highest BCUT2D eigenvalue weighted by atomic mass is 16.2. The minimum absolute atomic E-state index is 0.152. The van der Waals surface area contributed by atoms with Crippen molar-refractivity contribution in [2.75, 3.05) is 13.1 Å². The number of amides is 2. The Hall–Kier alpha value is -1.91. The third kappa shape index (κ3) is 2.72. The van der Waals surface area contributed by atoms with Crippen molar-refractivity contribution in [1.82, 2.24) is 14.8 Å². The van der Waals surface area contributed by atoms with Crippen molar-refractivity contribution in [3.05, 3.63) is 30.1 Å². The maximum Gasteiger partial charge on any atom is 0.225 e. The van der Waals surface area contributed by atoms with E-state index in [9.17, 15) is 9.59 Å². The number of carbonyl (C=O) groups is 2. The summed E-state index contributed by atoms with van der Waals surface area (Å²) in [6.45, 7) is 3.94. The highest BCUT2D eigenvalue weighted by Crippen LogP contribution is 2.38. The zero-order chi connectivity index (χ0) is 15.6. The summed E-state index contributed by atoms with van der Waals surface area (Å²) >= 11 is 0. The van der Waals surface area contributed by atoms with E-state index >= 15 is 0 Å². The van der Waals surface area contributed by atoms with Gasteiger partial charge in [0, 0.05) is 38.4 Å². The minimum Gasteiger partial charge on any atom is -0.336 e. The smallest absolute Gasteiger partial charge is 0.225 e. The number of carbonyl (C=O) groups excluding carboxylic acids is 2. The van der Waals surface area contributed by atoms with Crippen LogP contribution >= 0.6 is 0 Å². The molecule has 22 heavy (non-hydrogen) atoms. The molecular weight excluding hydrogens is 278 g/mol. The second kappa shape index (κ2) is 6.07. The number of hydrogen-bond donors (Lipinski definition) is 0. The molecule has 5 nitrogen and oxygen atoms in total. The zero-order valence-corrected chi connectivity index (χ0v) is 13.1. The van der Waals surface area contributed by atoms with Gasteiger partial charge in [0.05, 0.1) is 12.0 Å². The van der Waals surface area contributed by atoms with Crippen molar-refractivity contribution in [3.63, 3.8) is 0 Å². The molecule has 0 radical (unpaired) electrons. The van der Waals surface area contributed by atoms with Gasteiger partial charge in [0.15, 0.2) is 0 Å². The number of hydrogen-bond acceptors (Lipinski definition) is 3. The Kier molecular flexibility index (Phi) is 4.14. The van der Waals surface area contributed by atoms with Gasteiger partial charge in [0.1, 0.15) is 0 Å². The van der Waals surface area contributed by atoms with Gasteiger partial charge in [-0.05, 0) is 30.9 Å². The molecule has 1 aromatic heterocycles. The first-order valence-corrected chi connectivity index (χ1v) is 8.12. The van der Waals surface area contributed by atoms with Crippen molar-refractivity contribution in [3.8, 4) is 0 Å². The van der Waals surface area contributed by atoms with E-state index in [0.29, 0.717) is 25.9 Å². The summed E-state index contributed by atoms with van der Waals surface area (Å²) in [5.74, 6) is 0.329. The van der Waals surface area contributed by atoms with E-state index in [1.54, 1.807) is 12.4 Å². The molecule has 2 fully saturated rings. The predicted octanol–water partition coefficient (Wildman–Crippen LogP) is 1.98. The lowest BCUT2D eigenvalue weighted by Gasteiger charge is -2.44. The molecule has 5 heteroatoms. The highest BCUT2D eigenvalue weighted by Gasteiger charge is 2.49. The lowest BCUT2D eigenvalue weighted by molar-refractivity contribution is -0.139. The number of rotatable bonds is 3. The van der Waals surface area contributed by atoms with E-state index in [1.807, 2.05) is 28.9 Å². The Morgan fingerprint density at radius 2 is 2.27 bits per heavy atom. The monoisotopic (exact) mass is 301 g/mol. The zero-order valence-electron chi connectivity index (χ0n) is 13.1. The lowest BCUT2D eigenvalue weighted by Crippen LogP contribution is -2.55. The average molecular weight is 301 g/mol. The molecule has 1 aromatic rings. The number of piperidine rings is 1. The third-order valence-corrected chi connectivity index (χ3v) is 4.86. The molecule has 0 aliphatic carbocycles. The molecule has 2 aliphatic heterocycles. The number of likely N-dealkylation sites (tertiary alicyclic amines) is 2. The molecule has 0 bridgehead atoms. The van der Waals surface area contributed by atoms with Gasteiger partial charge in [-0.1, -0.05) is 13.0 Å². The van der Waals surface area contributed by atoms with Gasteiger partial charge >= 0.3 is 0 Å². The molecule has 0 N–H and O–H groups in total. The summed E-state index contributed by atoms with van der Waals surface area (Å²) in [6, 6.07) is 3.88. The molecule has 3 rings (SSSR count). The van der Waals surface area contributed by atoms with Gasteiger partial charge < -0.3 is 9.80 Å². The van der Waals surface area contributed by atoms with Gasteiger partial charge in [-0.15, -0.1) is 0 Å². The highest BCUT2D eigenvalue weighted by molar-refractivity contribution is 5.83. The van der Waals surface area contributed by atoms with Crippen LogP contribution in [0.3, 0.4) is 0 Å². The van der Waals surface area contributed by atoms with Crippen molar-refractivity contribution in [2.24, 2.45) is 0 Å². The fourth-order valence-corrected chi connectivity index (χ4v) is 3.77. The van der Waals surface area contributed by atoms with E-state index in [2.05, 4.69) is 4.98 Å². The normalized spacial score (nSPS) is 25.0. The first-order valence-electron chi connectivity index (χ1n) is 8.12. The summed E-state index contributed by atoms with van der Waals surface area (Å²) in [7, 11) is 0. The third-order valence-electron chi connectivity index (χ3n) is 4.86. The molecule has 118 valence electrons. The molecule has 3 heterocycles. The largest absolute Gasteiger partial charge is 0.336 e. The van der Waals surface area contributed by atoms with E-state index in [1.165, 1.54) is 0 Å². The van der Waals surface area contributed by atoms with Crippen LogP contribution in [0.1, 0.15) is 44.6 Å². The average Bonchev–Trinajstić information content (AvgIpc) is 2.84. The summed E-state index contributed by atoms with van der Waals surface area (Å²) in [4.78, 5) is 32.7. The minimum atomic E-state index is -0.273. The molecular formula is C17H23N3O2. The van der Waals surface area contributed by atoms with Gasteiger partial charge in [-0.2, -0.15) is 0 Å². The van der Waals surface area contributed by atoms with Crippen molar-refractivity contribution in [2.45, 2.75) is 51.1 Å². The molecule has 1 unspecified atom stereocenters. The Labute approximate surface area is 131 Å². The van der Waals surface area contributed by atoms with Crippen molar-refractivity contribution < 1.29 is 9.59 Å². The van der Waals surface area contributed by atoms with E-state index in [-0.39, 0.29) is 17.4 Å². The number of pyridine rings is 1. The Morgan fingerprint density at radius 1 is 1.41 bits per heavy atom. The van der Waals surface area contributed by atoms with Gasteiger partial charge in [-0.25, -0.2) is 0 Å². The van der Waals surface area contributed by atoms with Crippen LogP contribution in [0.2, 0.25) is 0 Å². The predicted molar refractivity (Wildman–Crippen MR) is 82.9 cm³/mol. The van der Waals surface area contributed by atoms with Crippen LogP contribution in [0, 0.1) is 0 Å². The SMILES string of the molecule is CCC(=O)N1CCCCC12CC(=O)N(Cc1cccnc1)C2. The lowest BCUT2D eigenvalue weighted by atomic mass is 9.85. The summed E-state index contributed by atoms with van der Waals surface area (Å²) < 4.78 is 0. The summed E-state index contributed by atoms with van der Waals surface area (Å²) in [6.07, 6.45) is 7.60. The topological polar surface area (TPSA) is 53.5 Å². The maximum atomic E-state index is 12.5. The summed E-state index contributed by atoms with van der Waals surface area (Å²) in [5.41, 5.74) is 0.766. The van der Waals surface area contributed by atoms with Gasteiger partial charge in [-0.3, -0.25) is 14.6 Å². The number of nitrogens with zero attached hydrogens (tertiary/aromatic N) is 3. The Bertz CT molecular complexity index is 560. The molecule has 2 saturated heterocycles. The van der Waals surface area contributed by atoms with Crippen LogP contribution in [0.4, 0.5) is 0 Å². The van der Waals surface area contributed by atoms with Crippen molar-refractivity contribution in [1.29, 1.82) is 0 Å². The second-order valence-electron chi connectivity index (χ2n) is 6.37. The van der Waals surface area contributed by atoms with Crippen LogP contribution in [0.5, 0.6) is 0 Å². The van der Waals surface area contributed by atoms with E-state index in [0.717, 1.165) is 31.4 Å². The molecule has 0 aromatic carbocycles. The van der Waals surface area contributed by atoms with Crippen LogP contribution in [-0.2, 0) is 16.1 Å². The Morgan fingerprint density at radius 3 is 3.00 bits per heavy atom. The van der Waals surface area contributed by atoms with Gasteiger partial charge in [0.2, 0.25) is 11.8 Å². The van der Waals surface area contributed by atoms with Crippen molar-refractivity contribution >= 4 is 11.8 Å². The van der Waals surface area contributed by atoms with E-state index in [4.69, 9.17) is 0 Å². The molecule has 0 saturated carbocycles. The quantitative estimate of drug-likeness (QED) is 0.858. The van der Waals surface area contributed by atoms with Crippen LogP contribution < -0.4 is 0 Å². The first kappa shape index (κ1) is 15.0. The van der Waals surface area contributed by atoms with Gasteiger partial charge in [0.25, 0.3) is 0 Å². The Balaban J connectivity index is 1.78. The standard InChI is InChI=1S/C17H23N3O2/c1-2-15(21)20-9-4-3-7-17(20)10-16(22)19(13-17)12-14-6-5-8-18-11-14/h5-6,8,11H,2-4,7,9-10,12-13H2,1H3. The number of aromatic nitrogens is 1. The first-order chi connectivity index (χ1) is 10.6. The molecule has 2 amide bonds. The summed E-state index contributed by atoms with van der Waals surface area (Å²) in [5, 5.41) is 0. The van der Waals surface area contributed by atoms with E-state index < -0.39 is 0 Å².